The van der Waals surface area contributed by atoms with E-state index in [0.717, 1.165) is 31.9 Å². The molecule has 0 unspecified atom stereocenters. The summed E-state index contributed by atoms with van der Waals surface area (Å²) < 4.78 is 5.13. The average Bonchev–Trinajstić information content (AvgIpc) is 3.03. The van der Waals surface area contributed by atoms with Gasteiger partial charge in [-0.15, -0.1) is 0 Å². The summed E-state index contributed by atoms with van der Waals surface area (Å²) in [5, 5.41) is 3.53. The van der Waals surface area contributed by atoms with E-state index in [1.807, 2.05) is 18.2 Å². The summed E-state index contributed by atoms with van der Waals surface area (Å²) in [6, 6.07) is 8.86. The van der Waals surface area contributed by atoms with Crippen molar-refractivity contribution in [3.8, 4) is 0 Å². The van der Waals surface area contributed by atoms with Crippen LogP contribution in [0.2, 0.25) is 5.02 Å². The quantitative estimate of drug-likeness (QED) is 0.945. The number of carbonyl (C=O) groups is 1. The van der Waals surface area contributed by atoms with Crippen molar-refractivity contribution in [3.05, 3.63) is 47.4 Å². The number of benzene rings is 1. The molecule has 1 aromatic heterocycles. The molecule has 22 heavy (non-hydrogen) atoms. The van der Waals surface area contributed by atoms with Crippen LogP contribution in [0.4, 0.5) is 11.4 Å². The van der Waals surface area contributed by atoms with E-state index in [2.05, 4.69) is 22.2 Å². The van der Waals surface area contributed by atoms with Gasteiger partial charge in [0.1, 0.15) is 0 Å². The van der Waals surface area contributed by atoms with Crippen molar-refractivity contribution in [2.45, 2.75) is 0 Å². The molecule has 0 saturated carbocycles. The summed E-state index contributed by atoms with van der Waals surface area (Å²) >= 11 is 6.38. The van der Waals surface area contributed by atoms with E-state index in [1.54, 1.807) is 12.1 Å². The highest BCUT2D eigenvalue weighted by atomic mass is 35.5. The molecule has 1 saturated heterocycles. The lowest BCUT2D eigenvalue weighted by molar-refractivity contribution is 0.0996. The molecular formula is C16H18ClN3O2. The number of nitrogens with one attached hydrogen (secondary N) is 1. The van der Waals surface area contributed by atoms with Crippen molar-refractivity contribution in [2.24, 2.45) is 0 Å². The van der Waals surface area contributed by atoms with Gasteiger partial charge in [-0.05, 0) is 31.3 Å². The van der Waals surface area contributed by atoms with Gasteiger partial charge >= 0.3 is 0 Å². The van der Waals surface area contributed by atoms with Gasteiger partial charge in [0.2, 0.25) is 0 Å². The Labute approximate surface area is 134 Å². The molecule has 0 atom stereocenters. The number of furan rings is 1. The summed E-state index contributed by atoms with van der Waals surface area (Å²) in [5.41, 5.74) is 1.58. The fourth-order valence-corrected chi connectivity index (χ4v) is 2.85. The number of hydrogen-bond donors (Lipinski definition) is 1. The monoisotopic (exact) mass is 319 g/mol. The van der Waals surface area contributed by atoms with Gasteiger partial charge in [0, 0.05) is 26.2 Å². The zero-order valence-corrected chi connectivity index (χ0v) is 13.1. The minimum absolute atomic E-state index is 0.275. The molecule has 3 rings (SSSR count). The minimum atomic E-state index is -0.275. The van der Waals surface area contributed by atoms with E-state index in [1.165, 1.54) is 6.26 Å². The molecule has 0 spiro atoms. The maximum atomic E-state index is 12.2. The van der Waals surface area contributed by atoms with Gasteiger partial charge in [-0.2, -0.15) is 0 Å². The molecule has 1 N–H and O–H groups in total. The molecule has 1 amide bonds. The van der Waals surface area contributed by atoms with E-state index in [9.17, 15) is 4.79 Å². The van der Waals surface area contributed by atoms with Crippen LogP contribution in [0.1, 0.15) is 10.6 Å². The number of anilines is 2. The SMILES string of the molecule is CN1CCN(c2c(Cl)cccc2NC(=O)c2ccco2)CC1. The van der Waals surface area contributed by atoms with Crippen molar-refractivity contribution in [1.29, 1.82) is 0 Å². The number of para-hydroxylation sites is 1. The van der Waals surface area contributed by atoms with Crippen LogP contribution in [-0.2, 0) is 0 Å². The predicted octanol–water partition coefficient (Wildman–Crippen LogP) is 2.94. The second-order valence-electron chi connectivity index (χ2n) is 5.36. The summed E-state index contributed by atoms with van der Waals surface area (Å²) in [6.07, 6.45) is 1.48. The Balaban J connectivity index is 1.85. The lowest BCUT2D eigenvalue weighted by Crippen LogP contribution is -2.44. The van der Waals surface area contributed by atoms with Gasteiger partial charge in [-0.25, -0.2) is 0 Å². The van der Waals surface area contributed by atoms with E-state index in [0.29, 0.717) is 10.7 Å². The molecule has 1 aliphatic heterocycles. The lowest BCUT2D eigenvalue weighted by atomic mass is 10.2. The van der Waals surface area contributed by atoms with Crippen LogP contribution >= 0.6 is 11.6 Å². The van der Waals surface area contributed by atoms with E-state index in [4.69, 9.17) is 16.0 Å². The average molecular weight is 320 g/mol. The molecular weight excluding hydrogens is 302 g/mol. The third-order valence-corrected chi connectivity index (χ3v) is 4.10. The summed E-state index contributed by atoms with van der Waals surface area (Å²) in [5.74, 6) is 0.00643. The van der Waals surface area contributed by atoms with Gasteiger partial charge in [0.15, 0.2) is 5.76 Å². The van der Waals surface area contributed by atoms with Crippen molar-refractivity contribution in [2.75, 3.05) is 43.4 Å². The van der Waals surface area contributed by atoms with Gasteiger partial charge < -0.3 is 19.5 Å². The summed E-state index contributed by atoms with van der Waals surface area (Å²) in [4.78, 5) is 16.7. The highest BCUT2D eigenvalue weighted by Gasteiger charge is 2.21. The topological polar surface area (TPSA) is 48.7 Å². The van der Waals surface area contributed by atoms with Gasteiger partial charge in [0.25, 0.3) is 5.91 Å². The zero-order valence-electron chi connectivity index (χ0n) is 12.4. The van der Waals surface area contributed by atoms with Gasteiger partial charge in [0.05, 0.1) is 22.7 Å². The Morgan fingerprint density at radius 1 is 1.18 bits per heavy atom. The van der Waals surface area contributed by atoms with E-state index >= 15 is 0 Å². The standard InChI is InChI=1S/C16H18ClN3O2/c1-19-7-9-20(10-8-19)15-12(17)4-2-5-13(15)18-16(21)14-6-3-11-22-14/h2-6,11H,7-10H2,1H3,(H,18,21). The molecule has 2 aromatic rings. The van der Waals surface area contributed by atoms with Crippen molar-refractivity contribution >= 4 is 28.9 Å². The molecule has 1 aliphatic rings. The van der Waals surface area contributed by atoms with E-state index in [-0.39, 0.29) is 11.7 Å². The number of nitrogens with zero attached hydrogens (tertiary/aromatic N) is 2. The second kappa shape index (κ2) is 6.42. The highest BCUT2D eigenvalue weighted by Crippen LogP contribution is 2.34. The number of halogens is 1. The zero-order chi connectivity index (χ0) is 15.5. The van der Waals surface area contributed by atoms with Crippen LogP contribution < -0.4 is 10.2 Å². The Morgan fingerprint density at radius 2 is 1.95 bits per heavy atom. The molecule has 5 nitrogen and oxygen atoms in total. The molecule has 0 bridgehead atoms. The van der Waals surface area contributed by atoms with Crippen molar-refractivity contribution in [3.63, 3.8) is 0 Å². The number of carbonyl (C=O) groups excluding carboxylic acids is 1. The third-order valence-electron chi connectivity index (χ3n) is 3.80. The maximum Gasteiger partial charge on any atom is 0.291 e. The first-order valence-electron chi connectivity index (χ1n) is 7.22. The predicted molar refractivity (Wildman–Crippen MR) is 87.8 cm³/mol. The first kappa shape index (κ1) is 14.9. The summed E-state index contributed by atoms with van der Waals surface area (Å²) in [7, 11) is 2.10. The van der Waals surface area contributed by atoms with Crippen LogP contribution in [0.3, 0.4) is 0 Å². The summed E-state index contributed by atoms with van der Waals surface area (Å²) in [6.45, 7) is 3.70. The number of piperazine rings is 1. The fraction of sp³-hybridized carbons (Fsp3) is 0.312. The molecule has 0 radical (unpaired) electrons. The maximum absolute atomic E-state index is 12.2. The number of amides is 1. The molecule has 2 heterocycles. The van der Waals surface area contributed by atoms with Crippen LogP contribution in [0.5, 0.6) is 0 Å². The molecule has 1 fully saturated rings. The smallest absolute Gasteiger partial charge is 0.291 e. The number of hydrogen-bond acceptors (Lipinski definition) is 4. The fourth-order valence-electron chi connectivity index (χ4n) is 2.56. The van der Waals surface area contributed by atoms with Crippen molar-refractivity contribution < 1.29 is 9.21 Å². The van der Waals surface area contributed by atoms with Crippen molar-refractivity contribution in [1.82, 2.24) is 4.90 Å². The van der Waals surface area contributed by atoms with Gasteiger partial charge in [-0.3, -0.25) is 4.79 Å². The lowest BCUT2D eigenvalue weighted by Gasteiger charge is -2.35. The number of rotatable bonds is 3. The molecule has 0 aliphatic carbocycles. The Kier molecular flexibility index (Phi) is 4.36. The molecule has 116 valence electrons. The Bertz CT molecular complexity index is 649. The van der Waals surface area contributed by atoms with E-state index < -0.39 is 0 Å². The normalized spacial score (nSPS) is 15.8. The Hall–Kier alpha value is -1.98. The minimum Gasteiger partial charge on any atom is -0.459 e. The third kappa shape index (κ3) is 3.10. The van der Waals surface area contributed by atoms with Crippen LogP contribution in [0.25, 0.3) is 0 Å². The highest BCUT2D eigenvalue weighted by molar-refractivity contribution is 6.34. The first-order chi connectivity index (χ1) is 10.6. The van der Waals surface area contributed by atoms with Crippen LogP contribution in [0.15, 0.2) is 41.0 Å². The van der Waals surface area contributed by atoms with Crippen LogP contribution in [-0.4, -0.2) is 44.0 Å². The molecule has 6 heteroatoms. The number of likely N-dealkylation sites (N-methyl/N-ethyl adjacent to an activating group) is 1. The molecule has 1 aromatic carbocycles. The van der Waals surface area contributed by atoms with Crippen LogP contribution in [0, 0.1) is 0 Å². The van der Waals surface area contributed by atoms with Gasteiger partial charge in [-0.1, -0.05) is 17.7 Å². The Morgan fingerprint density at radius 3 is 2.64 bits per heavy atom. The second-order valence-corrected chi connectivity index (χ2v) is 5.76. The first-order valence-corrected chi connectivity index (χ1v) is 7.60. The largest absolute Gasteiger partial charge is 0.459 e.